The van der Waals surface area contributed by atoms with Crippen LogP contribution in [0.4, 0.5) is 0 Å². The van der Waals surface area contributed by atoms with Gasteiger partial charge in [0.05, 0.1) is 0 Å². The maximum absolute atomic E-state index is 6.22. The van der Waals surface area contributed by atoms with E-state index in [4.69, 9.17) is 11.6 Å². The Morgan fingerprint density at radius 2 is 2.19 bits per heavy atom. The van der Waals surface area contributed by atoms with Crippen LogP contribution in [0, 0.1) is 5.41 Å². The molecule has 0 atom stereocenters. The maximum atomic E-state index is 6.22. The van der Waals surface area contributed by atoms with Crippen LogP contribution >= 0.6 is 27.5 Å². The van der Waals surface area contributed by atoms with Gasteiger partial charge in [-0.3, -0.25) is 4.90 Å². The van der Waals surface area contributed by atoms with Crippen molar-refractivity contribution in [3.05, 3.63) is 33.3 Å². The van der Waals surface area contributed by atoms with Gasteiger partial charge < -0.3 is 0 Å². The van der Waals surface area contributed by atoms with Crippen molar-refractivity contribution in [2.24, 2.45) is 5.41 Å². The molecule has 1 aromatic rings. The molecule has 1 fully saturated rings. The molecule has 0 aromatic heterocycles. The molecule has 0 unspecified atom stereocenters. The second-order valence-corrected chi connectivity index (χ2v) is 6.68. The first-order valence-electron chi connectivity index (χ1n) is 5.63. The lowest BCUT2D eigenvalue weighted by atomic mass is 9.93. The molecule has 1 nitrogen and oxygen atoms in total. The maximum Gasteiger partial charge on any atom is 0.0462 e. The van der Waals surface area contributed by atoms with Crippen LogP contribution in [0.15, 0.2) is 22.7 Å². The minimum absolute atomic E-state index is 0.460. The lowest BCUT2D eigenvalue weighted by Gasteiger charge is -2.20. The fraction of sp³-hybridized carbons (Fsp3) is 0.538. The van der Waals surface area contributed by atoms with Gasteiger partial charge in [0.2, 0.25) is 0 Å². The molecule has 0 radical (unpaired) electrons. The Hall–Kier alpha value is -0.0500. The molecule has 1 aliphatic heterocycles. The normalized spacial score (nSPS) is 20.2. The van der Waals surface area contributed by atoms with Gasteiger partial charge in [0.15, 0.2) is 0 Å². The van der Waals surface area contributed by atoms with E-state index in [9.17, 15) is 0 Å². The zero-order valence-electron chi connectivity index (χ0n) is 9.76. The average molecular weight is 303 g/mol. The number of hydrogen-bond donors (Lipinski definition) is 0. The molecule has 1 aliphatic rings. The Kier molecular flexibility index (Phi) is 3.62. The molecule has 0 aliphatic carbocycles. The van der Waals surface area contributed by atoms with Gasteiger partial charge in [0, 0.05) is 22.6 Å². The van der Waals surface area contributed by atoms with Crippen molar-refractivity contribution < 1.29 is 0 Å². The molecule has 3 heteroatoms. The summed E-state index contributed by atoms with van der Waals surface area (Å²) in [6.45, 7) is 7.97. The van der Waals surface area contributed by atoms with E-state index < -0.39 is 0 Å². The Labute approximate surface area is 111 Å². The van der Waals surface area contributed by atoms with Crippen LogP contribution in [-0.4, -0.2) is 18.0 Å². The van der Waals surface area contributed by atoms with Crippen LogP contribution < -0.4 is 0 Å². The number of rotatable bonds is 2. The highest BCUT2D eigenvalue weighted by Crippen LogP contribution is 2.31. The van der Waals surface area contributed by atoms with Gasteiger partial charge in [0.25, 0.3) is 0 Å². The van der Waals surface area contributed by atoms with E-state index in [2.05, 4.69) is 46.8 Å². The second kappa shape index (κ2) is 4.67. The quantitative estimate of drug-likeness (QED) is 0.786. The number of nitrogens with zero attached hydrogens (tertiary/aromatic N) is 1. The lowest BCUT2D eigenvalue weighted by Crippen LogP contribution is -2.22. The van der Waals surface area contributed by atoms with E-state index in [-0.39, 0.29) is 0 Å². The molecule has 88 valence electrons. The average Bonchev–Trinajstić information content (AvgIpc) is 2.51. The summed E-state index contributed by atoms with van der Waals surface area (Å²) in [6, 6.07) is 6.14. The fourth-order valence-corrected chi connectivity index (χ4v) is 2.98. The van der Waals surface area contributed by atoms with Crippen molar-refractivity contribution in [3.63, 3.8) is 0 Å². The van der Waals surface area contributed by atoms with Crippen LogP contribution in [0.5, 0.6) is 0 Å². The first kappa shape index (κ1) is 12.4. The van der Waals surface area contributed by atoms with E-state index >= 15 is 0 Å². The summed E-state index contributed by atoms with van der Waals surface area (Å²) in [5.74, 6) is 0. The standard InChI is InChI=1S/C13H17BrClN/c1-13(2)5-6-16(9-13)8-10-3-4-11(14)7-12(10)15/h3-4,7H,5-6,8-9H2,1-2H3. The van der Waals surface area contributed by atoms with E-state index in [1.165, 1.54) is 25.1 Å². The van der Waals surface area contributed by atoms with Crippen molar-refractivity contribution in [2.75, 3.05) is 13.1 Å². The molecule has 0 bridgehead atoms. The Bertz CT molecular complexity index is 390. The van der Waals surface area contributed by atoms with Gasteiger partial charge in [-0.25, -0.2) is 0 Å². The summed E-state index contributed by atoms with van der Waals surface area (Å²) in [6.07, 6.45) is 1.28. The van der Waals surface area contributed by atoms with Crippen molar-refractivity contribution in [3.8, 4) is 0 Å². The van der Waals surface area contributed by atoms with Crippen molar-refractivity contribution in [1.29, 1.82) is 0 Å². The van der Waals surface area contributed by atoms with Crippen LogP contribution in [-0.2, 0) is 6.54 Å². The van der Waals surface area contributed by atoms with Crippen LogP contribution in [0.3, 0.4) is 0 Å². The second-order valence-electron chi connectivity index (χ2n) is 5.36. The highest BCUT2D eigenvalue weighted by Gasteiger charge is 2.29. The number of hydrogen-bond acceptors (Lipinski definition) is 1. The molecule has 0 N–H and O–H groups in total. The van der Waals surface area contributed by atoms with Crippen molar-refractivity contribution >= 4 is 27.5 Å². The zero-order valence-corrected chi connectivity index (χ0v) is 12.1. The first-order valence-corrected chi connectivity index (χ1v) is 6.80. The molecule has 0 amide bonds. The summed E-state index contributed by atoms with van der Waals surface area (Å²) in [7, 11) is 0. The van der Waals surface area contributed by atoms with Crippen LogP contribution in [0.2, 0.25) is 5.02 Å². The summed E-state index contributed by atoms with van der Waals surface area (Å²) in [4.78, 5) is 2.48. The van der Waals surface area contributed by atoms with Gasteiger partial charge in [0.1, 0.15) is 0 Å². The van der Waals surface area contributed by atoms with Gasteiger partial charge in [-0.2, -0.15) is 0 Å². The Balaban J connectivity index is 2.05. The van der Waals surface area contributed by atoms with Gasteiger partial charge in [-0.05, 0) is 36.1 Å². The molecule has 16 heavy (non-hydrogen) atoms. The number of likely N-dealkylation sites (tertiary alicyclic amines) is 1. The topological polar surface area (TPSA) is 3.24 Å². The monoisotopic (exact) mass is 301 g/mol. The highest BCUT2D eigenvalue weighted by atomic mass is 79.9. The summed E-state index contributed by atoms with van der Waals surface area (Å²) in [5, 5.41) is 0.860. The minimum atomic E-state index is 0.460. The van der Waals surface area contributed by atoms with Crippen molar-refractivity contribution in [1.82, 2.24) is 4.90 Å². The van der Waals surface area contributed by atoms with E-state index in [1.54, 1.807) is 0 Å². The summed E-state index contributed by atoms with van der Waals surface area (Å²) in [5.41, 5.74) is 1.68. The Morgan fingerprint density at radius 3 is 2.75 bits per heavy atom. The molecule has 0 spiro atoms. The van der Waals surface area contributed by atoms with Gasteiger partial charge in [-0.1, -0.05) is 47.4 Å². The minimum Gasteiger partial charge on any atom is -0.298 e. The summed E-state index contributed by atoms with van der Waals surface area (Å²) >= 11 is 9.65. The largest absolute Gasteiger partial charge is 0.298 e. The molecule has 0 saturated carbocycles. The predicted molar refractivity (Wildman–Crippen MR) is 72.8 cm³/mol. The summed E-state index contributed by atoms with van der Waals surface area (Å²) < 4.78 is 1.04. The van der Waals surface area contributed by atoms with Crippen LogP contribution in [0.1, 0.15) is 25.8 Å². The number of halogens is 2. The highest BCUT2D eigenvalue weighted by molar-refractivity contribution is 9.10. The lowest BCUT2D eigenvalue weighted by molar-refractivity contribution is 0.284. The molecule has 2 rings (SSSR count). The predicted octanol–water partition coefficient (Wildman–Crippen LogP) is 4.33. The van der Waals surface area contributed by atoms with Gasteiger partial charge in [-0.15, -0.1) is 0 Å². The van der Waals surface area contributed by atoms with Crippen LogP contribution in [0.25, 0.3) is 0 Å². The first-order chi connectivity index (χ1) is 7.46. The van der Waals surface area contributed by atoms with Crippen molar-refractivity contribution in [2.45, 2.75) is 26.8 Å². The molecule has 1 saturated heterocycles. The SMILES string of the molecule is CC1(C)CCN(Cc2ccc(Br)cc2Cl)C1. The zero-order chi connectivity index (χ0) is 11.8. The van der Waals surface area contributed by atoms with E-state index in [0.29, 0.717) is 5.41 Å². The Morgan fingerprint density at radius 1 is 1.44 bits per heavy atom. The van der Waals surface area contributed by atoms with E-state index in [0.717, 1.165) is 16.0 Å². The number of benzene rings is 1. The molecular formula is C13H17BrClN. The smallest absolute Gasteiger partial charge is 0.0462 e. The third-order valence-corrected chi connectivity index (χ3v) is 4.01. The fourth-order valence-electron chi connectivity index (χ4n) is 2.25. The molecular weight excluding hydrogens is 286 g/mol. The molecule has 1 aromatic carbocycles. The third kappa shape index (κ3) is 2.99. The van der Waals surface area contributed by atoms with Gasteiger partial charge >= 0.3 is 0 Å². The third-order valence-electron chi connectivity index (χ3n) is 3.17. The molecule has 1 heterocycles. The van der Waals surface area contributed by atoms with E-state index in [1.807, 2.05) is 6.07 Å².